The Morgan fingerprint density at radius 3 is 2.83 bits per heavy atom. The van der Waals surface area contributed by atoms with Crippen LogP contribution in [0, 0.1) is 11.6 Å². The lowest BCUT2D eigenvalue weighted by atomic mass is 10.2. The second kappa shape index (κ2) is 6.90. The quantitative estimate of drug-likeness (QED) is 0.763. The van der Waals surface area contributed by atoms with Gasteiger partial charge in [0, 0.05) is 12.6 Å². The van der Waals surface area contributed by atoms with E-state index in [1.165, 1.54) is 6.07 Å². The van der Waals surface area contributed by atoms with Gasteiger partial charge in [-0.25, -0.2) is 8.78 Å². The van der Waals surface area contributed by atoms with Crippen LogP contribution in [0.4, 0.5) is 14.5 Å². The molecule has 0 heterocycles. The second-order valence-electron chi connectivity index (χ2n) is 3.67. The molecule has 0 aliphatic rings. The Bertz CT molecular complexity index is 412. The summed E-state index contributed by atoms with van der Waals surface area (Å²) in [6.07, 6.45) is -1.17. The van der Waals surface area contributed by atoms with Crippen molar-refractivity contribution in [1.29, 1.82) is 0 Å². The predicted octanol–water partition coefficient (Wildman–Crippen LogP) is 1.69. The van der Waals surface area contributed by atoms with Gasteiger partial charge in [0.05, 0.1) is 24.8 Å². The number of ether oxygens (including phenoxy) is 1. The van der Waals surface area contributed by atoms with Gasteiger partial charge in [0.15, 0.2) is 0 Å². The zero-order valence-electron chi connectivity index (χ0n) is 9.95. The van der Waals surface area contributed by atoms with Crippen molar-refractivity contribution in [3.05, 3.63) is 29.8 Å². The lowest BCUT2D eigenvalue weighted by Crippen LogP contribution is -2.24. The molecule has 0 fully saturated rings. The zero-order valence-corrected chi connectivity index (χ0v) is 9.95. The van der Waals surface area contributed by atoms with Crippen molar-refractivity contribution in [1.82, 2.24) is 0 Å². The van der Waals surface area contributed by atoms with Crippen LogP contribution in [0.3, 0.4) is 0 Å². The van der Waals surface area contributed by atoms with Gasteiger partial charge in [-0.05, 0) is 19.1 Å². The van der Waals surface area contributed by atoms with E-state index in [1.54, 1.807) is 6.92 Å². The van der Waals surface area contributed by atoms with Crippen molar-refractivity contribution < 1.29 is 23.4 Å². The van der Waals surface area contributed by atoms with Crippen molar-refractivity contribution in [2.45, 2.75) is 19.4 Å². The molecule has 0 saturated heterocycles. The van der Waals surface area contributed by atoms with E-state index in [4.69, 9.17) is 0 Å². The molecule has 0 spiro atoms. The maximum Gasteiger partial charge on any atom is 0.308 e. The van der Waals surface area contributed by atoms with Gasteiger partial charge in [-0.2, -0.15) is 0 Å². The topological polar surface area (TPSA) is 58.6 Å². The van der Waals surface area contributed by atoms with Crippen LogP contribution in [0.5, 0.6) is 0 Å². The van der Waals surface area contributed by atoms with Gasteiger partial charge in [-0.1, -0.05) is 0 Å². The van der Waals surface area contributed by atoms with E-state index >= 15 is 0 Å². The number of carbonyl (C=O) groups is 1. The van der Waals surface area contributed by atoms with Crippen molar-refractivity contribution in [3.63, 3.8) is 0 Å². The predicted molar refractivity (Wildman–Crippen MR) is 62.1 cm³/mol. The molecule has 4 nitrogen and oxygen atoms in total. The molecular formula is C12H15F2NO3. The Morgan fingerprint density at radius 1 is 1.50 bits per heavy atom. The summed E-state index contributed by atoms with van der Waals surface area (Å²) in [6.45, 7) is 1.88. The maximum absolute atomic E-state index is 13.2. The molecule has 1 atom stereocenters. The van der Waals surface area contributed by atoms with Gasteiger partial charge in [-0.15, -0.1) is 0 Å². The lowest BCUT2D eigenvalue weighted by Gasteiger charge is -2.12. The number of carbonyl (C=O) groups excluding carboxylic acids is 1. The summed E-state index contributed by atoms with van der Waals surface area (Å²) < 4.78 is 30.5. The molecule has 1 aromatic carbocycles. The van der Waals surface area contributed by atoms with Crippen molar-refractivity contribution in [2.75, 3.05) is 18.5 Å². The van der Waals surface area contributed by atoms with E-state index < -0.39 is 23.7 Å². The standard InChI is InChI=1S/C12H15F2NO3/c1-2-18-12(17)6-9(16)7-15-11-4-3-8(13)5-10(11)14/h3-5,9,15-16H,2,6-7H2,1H3. The monoisotopic (exact) mass is 259 g/mol. The third kappa shape index (κ3) is 4.67. The number of anilines is 1. The van der Waals surface area contributed by atoms with Crippen LogP contribution in [0.25, 0.3) is 0 Å². The average molecular weight is 259 g/mol. The first-order chi connectivity index (χ1) is 8.52. The first kappa shape index (κ1) is 14.4. The van der Waals surface area contributed by atoms with Gasteiger partial charge in [-0.3, -0.25) is 4.79 Å². The van der Waals surface area contributed by atoms with Crippen LogP contribution in [-0.2, 0) is 9.53 Å². The van der Waals surface area contributed by atoms with Crippen LogP contribution < -0.4 is 5.32 Å². The van der Waals surface area contributed by atoms with Gasteiger partial charge < -0.3 is 15.2 Å². The molecule has 0 bridgehead atoms. The Hall–Kier alpha value is -1.69. The summed E-state index contributed by atoms with van der Waals surface area (Å²) in [5.74, 6) is -1.95. The molecule has 0 aliphatic heterocycles. The number of hydrogen-bond donors (Lipinski definition) is 2. The highest BCUT2D eigenvalue weighted by atomic mass is 19.1. The number of nitrogens with one attached hydrogen (secondary N) is 1. The molecule has 0 aliphatic carbocycles. The fourth-order valence-corrected chi connectivity index (χ4v) is 1.35. The summed E-state index contributed by atoms with van der Waals surface area (Å²) >= 11 is 0. The molecule has 2 N–H and O–H groups in total. The van der Waals surface area contributed by atoms with E-state index in [1.807, 2.05) is 0 Å². The van der Waals surface area contributed by atoms with Crippen LogP contribution in [0.2, 0.25) is 0 Å². The van der Waals surface area contributed by atoms with E-state index in [-0.39, 0.29) is 25.3 Å². The Labute approximate surface area is 104 Å². The van der Waals surface area contributed by atoms with Crippen molar-refractivity contribution in [2.24, 2.45) is 0 Å². The first-order valence-corrected chi connectivity index (χ1v) is 5.55. The highest BCUT2D eigenvalue weighted by Gasteiger charge is 2.12. The molecular weight excluding hydrogens is 244 g/mol. The summed E-state index contributed by atoms with van der Waals surface area (Å²) in [6, 6.07) is 3.06. The third-order valence-electron chi connectivity index (χ3n) is 2.17. The van der Waals surface area contributed by atoms with Crippen molar-refractivity contribution >= 4 is 11.7 Å². The summed E-state index contributed by atoms with van der Waals surface area (Å²) in [5.41, 5.74) is 0.0688. The molecule has 6 heteroatoms. The molecule has 1 aromatic rings. The van der Waals surface area contributed by atoms with Crippen LogP contribution in [-0.4, -0.2) is 30.3 Å². The number of hydrogen-bond acceptors (Lipinski definition) is 4. The number of halogens is 2. The Balaban J connectivity index is 2.42. The normalized spacial score (nSPS) is 12.0. The minimum Gasteiger partial charge on any atom is -0.466 e. The van der Waals surface area contributed by atoms with Crippen LogP contribution in [0.1, 0.15) is 13.3 Å². The molecule has 1 unspecified atom stereocenters. The number of benzene rings is 1. The third-order valence-corrected chi connectivity index (χ3v) is 2.17. The van der Waals surface area contributed by atoms with Gasteiger partial charge in [0.1, 0.15) is 11.6 Å². The molecule has 0 aromatic heterocycles. The molecule has 0 amide bonds. The van der Waals surface area contributed by atoms with E-state index in [2.05, 4.69) is 10.1 Å². The molecule has 0 radical (unpaired) electrons. The van der Waals surface area contributed by atoms with Crippen LogP contribution in [0.15, 0.2) is 18.2 Å². The van der Waals surface area contributed by atoms with Gasteiger partial charge in [0.25, 0.3) is 0 Å². The summed E-state index contributed by atoms with van der Waals surface area (Å²) in [7, 11) is 0. The van der Waals surface area contributed by atoms with E-state index in [0.717, 1.165) is 12.1 Å². The molecule has 100 valence electrons. The minimum absolute atomic E-state index is 0.0264. The van der Waals surface area contributed by atoms with Gasteiger partial charge in [0.2, 0.25) is 0 Å². The summed E-state index contributed by atoms with van der Waals surface area (Å²) in [5, 5.41) is 12.1. The minimum atomic E-state index is -0.992. The van der Waals surface area contributed by atoms with Crippen molar-refractivity contribution in [3.8, 4) is 0 Å². The first-order valence-electron chi connectivity index (χ1n) is 5.55. The molecule has 0 saturated carbocycles. The Morgan fingerprint density at radius 2 is 2.22 bits per heavy atom. The highest BCUT2D eigenvalue weighted by molar-refractivity contribution is 5.70. The fraction of sp³-hybridized carbons (Fsp3) is 0.417. The lowest BCUT2D eigenvalue weighted by molar-refractivity contribution is -0.145. The largest absolute Gasteiger partial charge is 0.466 e. The zero-order chi connectivity index (χ0) is 13.5. The fourth-order valence-electron chi connectivity index (χ4n) is 1.35. The van der Waals surface area contributed by atoms with Gasteiger partial charge >= 0.3 is 5.97 Å². The maximum atomic E-state index is 13.2. The SMILES string of the molecule is CCOC(=O)CC(O)CNc1ccc(F)cc1F. The highest BCUT2D eigenvalue weighted by Crippen LogP contribution is 2.14. The van der Waals surface area contributed by atoms with Crippen LogP contribution >= 0.6 is 0 Å². The average Bonchev–Trinajstić information content (AvgIpc) is 2.28. The number of esters is 1. The number of aliphatic hydroxyl groups excluding tert-OH is 1. The molecule has 18 heavy (non-hydrogen) atoms. The molecule has 1 rings (SSSR count). The van der Waals surface area contributed by atoms with E-state index in [0.29, 0.717) is 0 Å². The van der Waals surface area contributed by atoms with E-state index in [9.17, 15) is 18.7 Å². The Kier molecular flexibility index (Phi) is 5.51. The number of aliphatic hydroxyl groups is 1. The second-order valence-corrected chi connectivity index (χ2v) is 3.67. The summed E-state index contributed by atoms with van der Waals surface area (Å²) in [4.78, 5) is 11.0. The smallest absolute Gasteiger partial charge is 0.308 e. The number of rotatable bonds is 6.